The number of hydrogen-bond acceptors (Lipinski definition) is 4. The van der Waals surface area contributed by atoms with Crippen molar-refractivity contribution in [2.24, 2.45) is 5.73 Å². The Morgan fingerprint density at radius 2 is 1.89 bits per heavy atom. The lowest BCUT2D eigenvalue weighted by atomic mass is 10.2. The summed E-state index contributed by atoms with van der Waals surface area (Å²) in [6.07, 6.45) is -4.65. The van der Waals surface area contributed by atoms with Crippen molar-refractivity contribution in [2.75, 3.05) is 20.3 Å². The predicted molar refractivity (Wildman–Crippen MR) is 58.4 cm³/mol. The van der Waals surface area contributed by atoms with Gasteiger partial charge in [-0.3, -0.25) is 4.74 Å². The normalized spacial score (nSPS) is 11.4. The van der Waals surface area contributed by atoms with Gasteiger partial charge in [-0.2, -0.15) is 0 Å². The average molecular weight is 265 g/mol. The molecule has 18 heavy (non-hydrogen) atoms. The highest BCUT2D eigenvalue weighted by Gasteiger charge is 2.28. The third-order valence-electron chi connectivity index (χ3n) is 2.07. The van der Waals surface area contributed by atoms with E-state index in [4.69, 9.17) is 15.2 Å². The molecule has 0 fully saturated rings. The van der Waals surface area contributed by atoms with Gasteiger partial charge in [0.25, 0.3) is 0 Å². The number of nitrogens with two attached hydrogens (primary N) is 1. The Kier molecular flexibility index (Phi) is 5.24. The number of benzene rings is 1. The third kappa shape index (κ3) is 4.80. The van der Waals surface area contributed by atoms with Gasteiger partial charge < -0.3 is 15.2 Å². The van der Waals surface area contributed by atoms with Crippen molar-refractivity contribution >= 4 is 0 Å². The number of rotatable bonds is 6. The van der Waals surface area contributed by atoms with Crippen molar-refractivity contribution in [1.82, 2.24) is 0 Å². The number of ether oxygens (including phenoxy) is 3. The molecule has 102 valence electrons. The van der Waals surface area contributed by atoms with Crippen LogP contribution in [0.15, 0.2) is 18.2 Å². The second-order valence-electron chi connectivity index (χ2n) is 3.33. The zero-order valence-corrected chi connectivity index (χ0v) is 9.79. The standard InChI is InChI=1S/C11H14F3NO3/c1-16-9-3-2-8(7-15)6-10(9)17-4-5-18-11(12,13)14/h2-3,6H,4-5,7,15H2,1H3. The lowest BCUT2D eigenvalue weighted by Gasteiger charge is -2.12. The molecule has 0 aliphatic rings. The molecule has 1 aromatic carbocycles. The molecule has 1 rings (SSSR count). The number of alkyl halides is 3. The number of halogens is 3. The molecule has 0 atom stereocenters. The molecule has 0 bridgehead atoms. The molecule has 2 N–H and O–H groups in total. The van der Waals surface area contributed by atoms with Crippen LogP contribution in [0.5, 0.6) is 11.5 Å². The Morgan fingerprint density at radius 3 is 2.44 bits per heavy atom. The topological polar surface area (TPSA) is 53.7 Å². The molecule has 0 amide bonds. The zero-order valence-electron chi connectivity index (χ0n) is 9.79. The van der Waals surface area contributed by atoms with E-state index >= 15 is 0 Å². The van der Waals surface area contributed by atoms with Crippen molar-refractivity contribution < 1.29 is 27.4 Å². The van der Waals surface area contributed by atoms with Crippen LogP contribution in [0.25, 0.3) is 0 Å². The molecule has 0 spiro atoms. The molecule has 0 saturated carbocycles. The van der Waals surface area contributed by atoms with Gasteiger partial charge in [-0.05, 0) is 17.7 Å². The maximum absolute atomic E-state index is 11.7. The van der Waals surface area contributed by atoms with Gasteiger partial charge in [0.15, 0.2) is 11.5 Å². The molecule has 0 heterocycles. The Morgan fingerprint density at radius 1 is 1.17 bits per heavy atom. The summed E-state index contributed by atoms with van der Waals surface area (Å²) in [5.41, 5.74) is 6.25. The van der Waals surface area contributed by atoms with Crippen molar-refractivity contribution in [2.45, 2.75) is 12.9 Å². The summed E-state index contributed by atoms with van der Waals surface area (Å²) in [7, 11) is 1.44. The molecule has 1 aromatic rings. The first-order chi connectivity index (χ1) is 8.46. The quantitative estimate of drug-likeness (QED) is 0.800. The highest BCUT2D eigenvalue weighted by molar-refractivity contribution is 5.42. The van der Waals surface area contributed by atoms with Gasteiger partial charge in [0.2, 0.25) is 0 Å². The lowest BCUT2D eigenvalue weighted by Crippen LogP contribution is -2.18. The summed E-state index contributed by atoms with van der Waals surface area (Å²) >= 11 is 0. The van der Waals surface area contributed by atoms with Crippen molar-refractivity contribution in [3.8, 4) is 11.5 Å². The van der Waals surface area contributed by atoms with E-state index in [1.54, 1.807) is 18.2 Å². The molecule has 0 unspecified atom stereocenters. The fourth-order valence-electron chi connectivity index (χ4n) is 1.27. The maximum Gasteiger partial charge on any atom is 0.522 e. The Hall–Kier alpha value is -1.47. The molecule has 0 aliphatic carbocycles. The van der Waals surface area contributed by atoms with Crippen LogP contribution in [0.4, 0.5) is 13.2 Å². The summed E-state index contributed by atoms with van der Waals surface area (Å²) in [5, 5.41) is 0. The fraction of sp³-hybridized carbons (Fsp3) is 0.455. The van der Waals surface area contributed by atoms with Gasteiger partial charge in [-0.15, -0.1) is 13.2 Å². The summed E-state index contributed by atoms with van der Waals surface area (Å²) in [6, 6.07) is 5.01. The molecule has 0 radical (unpaired) electrons. The zero-order chi connectivity index (χ0) is 13.6. The van der Waals surface area contributed by atoms with E-state index in [1.165, 1.54) is 7.11 Å². The average Bonchev–Trinajstić information content (AvgIpc) is 2.33. The van der Waals surface area contributed by atoms with Crippen LogP contribution in [0.1, 0.15) is 5.56 Å². The van der Waals surface area contributed by atoms with Gasteiger partial charge >= 0.3 is 6.36 Å². The van der Waals surface area contributed by atoms with E-state index in [0.717, 1.165) is 5.56 Å². The highest BCUT2D eigenvalue weighted by atomic mass is 19.4. The second-order valence-corrected chi connectivity index (χ2v) is 3.33. The molecule has 0 saturated heterocycles. The summed E-state index contributed by atoms with van der Waals surface area (Å²) in [5.74, 6) is 0.769. The smallest absolute Gasteiger partial charge is 0.493 e. The third-order valence-corrected chi connectivity index (χ3v) is 2.07. The van der Waals surface area contributed by atoms with E-state index < -0.39 is 13.0 Å². The minimum absolute atomic E-state index is 0.232. The molecule has 7 heteroatoms. The van der Waals surface area contributed by atoms with Gasteiger partial charge in [-0.1, -0.05) is 6.07 Å². The highest BCUT2D eigenvalue weighted by Crippen LogP contribution is 2.28. The SMILES string of the molecule is COc1ccc(CN)cc1OCCOC(F)(F)F. The van der Waals surface area contributed by atoms with Crippen LogP contribution in [0, 0.1) is 0 Å². The van der Waals surface area contributed by atoms with Crippen molar-refractivity contribution in [3.63, 3.8) is 0 Å². The van der Waals surface area contributed by atoms with Crippen LogP contribution >= 0.6 is 0 Å². The molecule has 0 aliphatic heterocycles. The maximum atomic E-state index is 11.7. The monoisotopic (exact) mass is 265 g/mol. The van der Waals surface area contributed by atoms with E-state index in [2.05, 4.69) is 4.74 Å². The Bertz CT molecular complexity index is 382. The van der Waals surface area contributed by atoms with Crippen LogP contribution in [-0.2, 0) is 11.3 Å². The minimum Gasteiger partial charge on any atom is -0.493 e. The first kappa shape index (κ1) is 14.6. The molecular formula is C11H14F3NO3. The Balaban J connectivity index is 2.54. The van der Waals surface area contributed by atoms with E-state index in [1.807, 2.05) is 0 Å². The van der Waals surface area contributed by atoms with Crippen LogP contribution < -0.4 is 15.2 Å². The van der Waals surface area contributed by atoms with Gasteiger partial charge in [0.05, 0.1) is 13.7 Å². The van der Waals surface area contributed by atoms with Crippen LogP contribution in [0.2, 0.25) is 0 Å². The lowest BCUT2D eigenvalue weighted by molar-refractivity contribution is -0.325. The van der Waals surface area contributed by atoms with Gasteiger partial charge in [0, 0.05) is 6.54 Å². The molecular weight excluding hydrogens is 251 g/mol. The van der Waals surface area contributed by atoms with Crippen LogP contribution in [-0.4, -0.2) is 26.7 Å². The summed E-state index contributed by atoms with van der Waals surface area (Å²) in [6.45, 7) is -0.511. The minimum atomic E-state index is -4.65. The number of methoxy groups -OCH3 is 1. The van der Waals surface area contributed by atoms with Crippen molar-refractivity contribution in [1.29, 1.82) is 0 Å². The largest absolute Gasteiger partial charge is 0.522 e. The van der Waals surface area contributed by atoms with Crippen LogP contribution in [0.3, 0.4) is 0 Å². The molecule has 4 nitrogen and oxygen atoms in total. The van der Waals surface area contributed by atoms with E-state index in [0.29, 0.717) is 18.0 Å². The number of hydrogen-bond donors (Lipinski definition) is 1. The predicted octanol–water partition coefficient (Wildman–Crippen LogP) is 2.07. The summed E-state index contributed by atoms with van der Waals surface area (Å²) in [4.78, 5) is 0. The fourth-order valence-corrected chi connectivity index (χ4v) is 1.27. The van der Waals surface area contributed by atoms with E-state index in [9.17, 15) is 13.2 Å². The second kappa shape index (κ2) is 6.46. The van der Waals surface area contributed by atoms with Crippen molar-refractivity contribution in [3.05, 3.63) is 23.8 Å². The van der Waals surface area contributed by atoms with E-state index in [-0.39, 0.29) is 6.61 Å². The first-order valence-electron chi connectivity index (χ1n) is 5.16. The summed E-state index contributed by atoms with van der Waals surface area (Å²) < 4.78 is 48.9. The Labute approximate surface area is 102 Å². The first-order valence-corrected chi connectivity index (χ1v) is 5.16. The van der Waals surface area contributed by atoms with Gasteiger partial charge in [0.1, 0.15) is 6.61 Å². The van der Waals surface area contributed by atoms with Gasteiger partial charge in [-0.25, -0.2) is 0 Å². The molecule has 0 aromatic heterocycles.